The van der Waals surface area contributed by atoms with Crippen molar-refractivity contribution in [1.29, 1.82) is 0 Å². The molecule has 4 atom stereocenters. The molecule has 2 fully saturated rings. The summed E-state index contributed by atoms with van der Waals surface area (Å²) in [5, 5.41) is 3.25. The summed E-state index contributed by atoms with van der Waals surface area (Å²) in [5.41, 5.74) is 0.788. The second kappa shape index (κ2) is 6.26. The molecule has 2 heterocycles. The van der Waals surface area contributed by atoms with Crippen LogP contribution in [0.25, 0.3) is 0 Å². The maximum absolute atomic E-state index is 12.9. The molecule has 1 aromatic carbocycles. The minimum atomic E-state index is -1.22. The van der Waals surface area contributed by atoms with Crippen molar-refractivity contribution in [1.82, 2.24) is 10.2 Å². The van der Waals surface area contributed by atoms with Crippen LogP contribution in [0.15, 0.2) is 24.3 Å². The lowest BCUT2D eigenvalue weighted by molar-refractivity contribution is -0.155. The van der Waals surface area contributed by atoms with Gasteiger partial charge in [-0.1, -0.05) is 29.8 Å². The standard InChI is InChI=1S/C19H24N2O4/c1-5-21-16(22)13-14(17(21)23)19(4,18(24)25-6-2)20-15(13)12-9-7-11(3)8-10-12/h7-10,13-15,20H,5-6H2,1-4H3/t13-,14+,15-,19-/m1/s1. The number of likely N-dealkylation sites (tertiary alicyclic amines) is 1. The molecule has 2 saturated heterocycles. The number of carbonyl (C=O) groups excluding carboxylic acids is 3. The minimum Gasteiger partial charge on any atom is -0.465 e. The van der Waals surface area contributed by atoms with E-state index in [9.17, 15) is 14.4 Å². The van der Waals surface area contributed by atoms with Gasteiger partial charge in [0.25, 0.3) is 0 Å². The molecule has 6 nitrogen and oxygen atoms in total. The molecule has 25 heavy (non-hydrogen) atoms. The predicted octanol–water partition coefficient (Wildman–Crippen LogP) is 1.58. The van der Waals surface area contributed by atoms with Gasteiger partial charge < -0.3 is 4.74 Å². The highest BCUT2D eigenvalue weighted by molar-refractivity contribution is 6.09. The number of hydrogen-bond donors (Lipinski definition) is 1. The molecule has 2 amide bonds. The average Bonchev–Trinajstić information content (AvgIpc) is 3.03. The molecule has 0 aliphatic carbocycles. The number of aryl methyl sites for hydroxylation is 1. The van der Waals surface area contributed by atoms with Gasteiger partial charge in [0.2, 0.25) is 11.8 Å². The van der Waals surface area contributed by atoms with Crippen LogP contribution in [0, 0.1) is 18.8 Å². The van der Waals surface area contributed by atoms with Crippen molar-refractivity contribution in [3.05, 3.63) is 35.4 Å². The summed E-state index contributed by atoms with van der Waals surface area (Å²) in [6.07, 6.45) is 0. The van der Waals surface area contributed by atoms with E-state index in [2.05, 4.69) is 5.32 Å². The molecule has 0 spiro atoms. The SMILES string of the molecule is CCOC(=O)[C@]1(C)N[C@H](c2ccc(C)cc2)[C@@H]2C(=O)N(CC)C(=O)[C@H]21. The summed E-state index contributed by atoms with van der Waals surface area (Å²) in [7, 11) is 0. The molecule has 2 aliphatic heterocycles. The Morgan fingerprint density at radius 1 is 1.20 bits per heavy atom. The Labute approximate surface area is 147 Å². The Kier molecular flexibility index (Phi) is 4.41. The van der Waals surface area contributed by atoms with E-state index in [-0.39, 0.29) is 18.4 Å². The number of rotatable bonds is 4. The van der Waals surface area contributed by atoms with Gasteiger partial charge in [-0.3, -0.25) is 24.6 Å². The summed E-state index contributed by atoms with van der Waals surface area (Å²) in [6.45, 7) is 7.69. The van der Waals surface area contributed by atoms with Gasteiger partial charge in [0, 0.05) is 12.6 Å². The Bertz CT molecular complexity index is 715. The van der Waals surface area contributed by atoms with Crippen LogP contribution in [0.5, 0.6) is 0 Å². The summed E-state index contributed by atoms with van der Waals surface area (Å²) < 4.78 is 5.21. The van der Waals surface area contributed by atoms with Gasteiger partial charge in [-0.15, -0.1) is 0 Å². The molecule has 0 radical (unpaired) electrons. The maximum Gasteiger partial charge on any atom is 0.326 e. The van der Waals surface area contributed by atoms with Gasteiger partial charge >= 0.3 is 5.97 Å². The van der Waals surface area contributed by atoms with Crippen molar-refractivity contribution < 1.29 is 19.1 Å². The lowest BCUT2D eigenvalue weighted by Gasteiger charge is -2.28. The summed E-state index contributed by atoms with van der Waals surface area (Å²) in [6, 6.07) is 7.41. The van der Waals surface area contributed by atoms with Gasteiger partial charge in [-0.25, -0.2) is 0 Å². The third-order valence-electron chi connectivity index (χ3n) is 5.33. The fourth-order valence-corrected chi connectivity index (χ4v) is 4.04. The van der Waals surface area contributed by atoms with E-state index in [0.29, 0.717) is 6.54 Å². The molecular formula is C19H24N2O4. The van der Waals surface area contributed by atoms with Crippen LogP contribution in [0.4, 0.5) is 0 Å². The maximum atomic E-state index is 12.9. The fraction of sp³-hybridized carbons (Fsp3) is 0.526. The first-order chi connectivity index (χ1) is 11.8. The van der Waals surface area contributed by atoms with Crippen molar-refractivity contribution in [2.45, 2.75) is 39.3 Å². The van der Waals surface area contributed by atoms with Crippen LogP contribution in [0.3, 0.4) is 0 Å². The van der Waals surface area contributed by atoms with Crippen LogP contribution in [0.2, 0.25) is 0 Å². The molecule has 2 aliphatic rings. The van der Waals surface area contributed by atoms with Gasteiger partial charge in [-0.2, -0.15) is 0 Å². The number of esters is 1. The van der Waals surface area contributed by atoms with Crippen LogP contribution in [-0.2, 0) is 19.1 Å². The Morgan fingerprint density at radius 2 is 1.84 bits per heavy atom. The van der Waals surface area contributed by atoms with E-state index in [1.165, 1.54) is 4.90 Å². The highest BCUT2D eigenvalue weighted by Gasteiger charge is 2.66. The number of carbonyl (C=O) groups is 3. The quantitative estimate of drug-likeness (QED) is 0.663. The normalized spacial score (nSPS) is 31.4. The van der Waals surface area contributed by atoms with Gasteiger partial charge in [0.15, 0.2) is 0 Å². The van der Waals surface area contributed by atoms with E-state index in [1.807, 2.05) is 31.2 Å². The van der Waals surface area contributed by atoms with E-state index < -0.39 is 29.4 Å². The molecule has 3 rings (SSSR count). The fourth-order valence-electron chi connectivity index (χ4n) is 4.04. The molecule has 6 heteroatoms. The van der Waals surface area contributed by atoms with Gasteiger partial charge in [0.1, 0.15) is 5.54 Å². The van der Waals surface area contributed by atoms with Crippen molar-refractivity contribution >= 4 is 17.8 Å². The van der Waals surface area contributed by atoms with E-state index in [0.717, 1.165) is 11.1 Å². The second-order valence-corrected chi connectivity index (χ2v) is 6.88. The highest BCUT2D eigenvalue weighted by atomic mass is 16.5. The molecule has 0 saturated carbocycles. The van der Waals surface area contributed by atoms with Crippen LogP contribution in [0.1, 0.15) is 37.9 Å². The Balaban J connectivity index is 2.07. The van der Waals surface area contributed by atoms with Gasteiger partial charge in [-0.05, 0) is 33.3 Å². The summed E-state index contributed by atoms with van der Waals surface area (Å²) in [5.74, 6) is -2.34. The zero-order valence-corrected chi connectivity index (χ0v) is 15.0. The average molecular weight is 344 g/mol. The molecule has 134 valence electrons. The third-order valence-corrected chi connectivity index (χ3v) is 5.33. The topological polar surface area (TPSA) is 75.7 Å². The zero-order chi connectivity index (χ0) is 18.4. The number of imide groups is 1. The molecule has 1 aromatic rings. The van der Waals surface area contributed by atoms with Crippen molar-refractivity contribution in [3.8, 4) is 0 Å². The smallest absolute Gasteiger partial charge is 0.326 e. The van der Waals surface area contributed by atoms with Crippen LogP contribution < -0.4 is 5.32 Å². The van der Waals surface area contributed by atoms with E-state index in [1.54, 1.807) is 20.8 Å². The molecular weight excluding hydrogens is 320 g/mol. The van der Waals surface area contributed by atoms with Crippen molar-refractivity contribution in [2.75, 3.05) is 13.2 Å². The van der Waals surface area contributed by atoms with Crippen molar-refractivity contribution in [3.63, 3.8) is 0 Å². The predicted molar refractivity (Wildman–Crippen MR) is 91.5 cm³/mol. The number of hydrogen-bond acceptors (Lipinski definition) is 5. The van der Waals surface area contributed by atoms with E-state index in [4.69, 9.17) is 4.74 Å². The molecule has 0 bridgehead atoms. The summed E-state index contributed by atoms with van der Waals surface area (Å²) >= 11 is 0. The molecule has 0 aromatic heterocycles. The monoisotopic (exact) mass is 344 g/mol. The second-order valence-electron chi connectivity index (χ2n) is 6.88. The van der Waals surface area contributed by atoms with Crippen molar-refractivity contribution in [2.24, 2.45) is 11.8 Å². The first kappa shape index (κ1) is 17.6. The first-order valence-electron chi connectivity index (χ1n) is 8.71. The van der Waals surface area contributed by atoms with Crippen LogP contribution in [-0.4, -0.2) is 41.4 Å². The Hall–Kier alpha value is -2.21. The van der Waals surface area contributed by atoms with Crippen LogP contribution >= 0.6 is 0 Å². The molecule has 0 unspecified atom stereocenters. The number of fused-ring (bicyclic) bond motifs is 1. The third kappa shape index (κ3) is 2.56. The molecule has 1 N–H and O–H groups in total. The largest absolute Gasteiger partial charge is 0.465 e. The summed E-state index contributed by atoms with van der Waals surface area (Å²) in [4.78, 5) is 39.6. The lowest BCUT2D eigenvalue weighted by Crippen LogP contribution is -2.54. The minimum absolute atomic E-state index is 0.219. The zero-order valence-electron chi connectivity index (χ0n) is 15.0. The first-order valence-corrected chi connectivity index (χ1v) is 8.71. The number of amides is 2. The number of nitrogens with zero attached hydrogens (tertiary/aromatic N) is 1. The lowest BCUT2D eigenvalue weighted by atomic mass is 9.80. The Morgan fingerprint density at radius 3 is 2.40 bits per heavy atom. The highest BCUT2D eigenvalue weighted by Crippen LogP contribution is 2.48. The van der Waals surface area contributed by atoms with E-state index >= 15 is 0 Å². The number of nitrogens with one attached hydrogen (secondary N) is 1. The number of benzene rings is 1. The van der Waals surface area contributed by atoms with Gasteiger partial charge in [0.05, 0.1) is 18.4 Å². The number of ether oxygens (including phenoxy) is 1.